The van der Waals surface area contributed by atoms with Gasteiger partial charge in [0.1, 0.15) is 0 Å². The molecule has 0 fully saturated rings. The molecule has 0 aliphatic heterocycles. The molecule has 0 aliphatic carbocycles. The molecule has 21 heavy (non-hydrogen) atoms. The van der Waals surface area contributed by atoms with Gasteiger partial charge in [-0.3, -0.25) is 9.59 Å². The maximum Gasteiger partial charge on any atom is 0.306 e. The van der Waals surface area contributed by atoms with Gasteiger partial charge in [0.05, 0.1) is 29.7 Å². The van der Waals surface area contributed by atoms with Crippen LogP contribution in [0.4, 0.5) is 0 Å². The van der Waals surface area contributed by atoms with E-state index in [1.165, 1.54) is 26.4 Å². The van der Waals surface area contributed by atoms with Crippen LogP contribution in [0.3, 0.4) is 0 Å². The van der Waals surface area contributed by atoms with Crippen LogP contribution in [0.15, 0.2) is 12.1 Å². The van der Waals surface area contributed by atoms with Crippen LogP contribution in [-0.4, -0.2) is 43.9 Å². The topological polar surface area (TPSA) is 84.9 Å². The maximum atomic E-state index is 12.0. The fourth-order valence-corrected chi connectivity index (χ4v) is 2.27. The minimum atomic E-state index is -1.01. The van der Waals surface area contributed by atoms with E-state index in [4.69, 9.17) is 37.8 Å². The largest absolute Gasteiger partial charge is 0.494 e. The van der Waals surface area contributed by atoms with Crippen molar-refractivity contribution in [2.24, 2.45) is 0 Å². The molecule has 0 heterocycles. The lowest BCUT2D eigenvalue weighted by molar-refractivity contribution is -0.139. The first-order chi connectivity index (χ1) is 9.88. The van der Waals surface area contributed by atoms with Crippen molar-refractivity contribution in [2.45, 2.75) is 12.5 Å². The fourth-order valence-electron chi connectivity index (χ4n) is 1.63. The van der Waals surface area contributed by atoms with Crippen LogP contribution < -0.4 is 10.1 Å². The van der Waals surface area contributed by atoms with Gasteiger partial charge in [-0.15, -0.1) is 0 Å². The highest BCUT2D eigenvalue weighted by atomic mass is 35.5. The fraction of sp³-hybridized carbons (Fsp3) is 0.385. The van der Waals surface area contributed by atoms with E-state index >= 15 is 0 Å². The normalized spacial score (nSPS) is 11.8. The molecule has 1 aromatic rings. The number of hydrogen-bond acceptors (Lipinski definition) is 4. The molecular formula is C13H15Cl2NO5. The van der Waals surface area contributed by atoms with Crippen LogP contribution in [0.1, 0.15) is 16.8 Å². The summed E-state index contributed by atoms with van der Waals surface area (Å²) >= 11 is 11.9. The highest BCUT2D eigenvalue weighted by Gasteiger charge is 2.16. The van der Waals surface area contributed by atoms with E-state index in [-0.39, 0.29) is 34.3 Å². The molecule has 1 atom stereocenters. The SMILES string of the molecule is COc1c(Cl)cc(C(=O)NCC(CC(=O)O)OC)cc1Cl. The van der Waals surface area contributed by atoms with Crippen molar-refractivity contribution in [3.05, 3.63) is 27.7 Å². The second-order valence-electron chi connectivity index (χ2n) is 4.14. The first-order valence-corrected chi connectivity index (χ1v) is 6.70. The molecular weight excluding hydrogens is 321 g/mol. The molecule has 1 unspecified atom stereocenters. The lowest BCUT2D eigenvalue weighted by Crippen LogP contribution is -2.34. The third-order valence-electron chi connectivity index (χ3n) is 2.69. The Morgan fingerprint density at radius 1 is 1.29 bits per heavy atom. The molecule has 0 saturated heterocycles. The van der Waals surface area contributed by atoms with Crippen LogP contribution in [0, 0.1) is 0 Å². The Labute approximate surface area is 131 Å². The third kappa shape index (κ3) is 5.08. The number of hydrogen-bond donors (Lipinski definition) is 2. The van der Waals surface area contributed by atoms with Gasteiger partial charge in [-0.1, -0.05) is 23.2 Å². The molecule has 6 nitrogen and oxygen atoms in total. The Balaban J connectivity index is 2.74. The second kappa shape index (κ2) is 8.07. The van der Waals surface area contributed by atoms with Gasteiger partial charge in [0.2, 0.25) is 0 Å². The summed E-state index contributed by atoms with van der Waals surface area (Å²) in [5, 5.41) is 11.7. The number of halogens is 2. The van der Waals surface area contributed by atoms with Crippen LogP contribution in [0.5, 0.6) is 5.75 Å². The summed E-state index contributed by atoms with van der Waals surface area (Å²) in [6.07, 6.45) is -0.823. The van der Waals surface area contributed by atoms with Crippen LogP contribution in [-0.2, 0) is 9.53 Å². The predicted molar refractivity (Wildman–Crippen MR) is 78.4 cm³/mol. The van der Waals surface area contributed by atoms with E-state index in [0.29, 0.717) is 0 Å². The monoisotopic (exact) mass is 335 g/mol. The van der Waals surface area contributed by atoms with E-state index in [1.807, 2.05) is 0 Å². The number of carbonyl (C=O) groups excluding carboxylic acids is 1. The molecule has 1 amide bonds. The Bertz CT molecular complexity index is 512. The first-order valence-electron chi connectivity index (χ1n) is 5.94. The van der Waals surface area contributed by atoms with Crippen molar-refractivity contribution >= 4 is 35.1 Å². The zero-order valence-electron chi connectivity index (χ0n) is 11.5. The van der Waals surface area contributed by atoms with Gasteiger partial charge < -0.3 is 19.9 Å². The summed E-state index contributed by atoms with van der Waals surface area (Å²) in [7, 11) is 2.79. The van der Waals surface area contributed by atoms with Crippen LogP contribution in [0.2, 0.25) is 10.0 Å². The van der Waals surface area contributed by atoms with E-state index in [1.54, 1.807) is 0 Å². The van der Waals surface area contributed by atoms with Crippen molar-refractivity contribution in [3.8, 4) is 5.75 Å². The summed E-state index contributed by atoms with van der Waals surface area (Å²) < 4.78 is 9.95. The Morgan fingerprint density at radius 2 is 1.86 bits per heavy atom. The van der Waals surface area contributed by atoms with Crippen molar-refractivity contribution in [1.29, 1.82) is 0 Å². The number of carboxylic acid groups (broad SMARTS) is 1. The summed E-state index contributed by atoms with van der Waals surface area (Å²) in [5.74, 6) is -1.16. The van der Waals surface area contributed by atoms with E-state index in [9.17, 15) is 9.59 Å². The van der Waals surface area contributed by atoms with Crippen LogP contribution in [0.25, 0.3) is 0 Å². The summed E-state index contributed by atoms with van der Waals surface area (Å²) in [6.45, 7) is 0.0584. The van der Waals surface area contributed by atoms with E-state index in [0.717, 1.165) is 0 Å². The smallest absolute Gasteiger partial charge is 0.306 e. The van der Waals surface area contributed by atoms with Crippen molar-refractivity contribution < 1.29 is 24.2 Å². The Morgan fingerprint density at radius 3 is 2.29 bits per heavy atom. The zero-order valence-corrected chi connectivity index (χ0v) is 13.0. The van der Waals surface area contributed by atoms with Gasteiger partial charge in [-0.05, 0) is 12.1 Å². The average Bonchev–Trinajstić information content (AvgIpc) is 2.42. The average molecular weight is 336 g/mol. The highest BCUT2D eigenvalue weighted by Crippen LogP contribution is 2.33. The number of ether oxygens (including phenoxy) is 2. The molecule has 116 valence electrons. The zero-order chi connectivity index (χ0) is 16.0. The van der Waals surface area contributed by atoms with Gasteiger partial charge >= 0.3 is 5.97 Å². The summed E-state index contributed by atoms with van der Waals surface area (Å²) in [4.78, 5) is 22.6. The van der Waals surface area contributed by atoms with Crippen molar-refractivity contribution in [2.75, 3.05) is 20.8 Å². The Kier molecular flexibility index (Phi) is 6.74. The maximum absolute atomic E-state index is 12.0. The minimum absolute atomic E-state index is 0.0584. The summed E-state index contributed by atoms with van der Waals surface area (Å²) in [6, 6.07) is 2.83. The first kappa shape index (κ1) is 17.6. The number of aliphatic carboxylic acids is 1. The molecule has 1 rings (SSSR count). The quantitative estimate of drug-likeness (QED) is 0.798. The van der Waals surface area contributed by atoms with Gasteiger partial charge in [-0.2, -0.15) is 0 Å². The van der Waals surface area contributed by atoms with Gasteiger partial charge in [0.15, 0.2) is 5.75 Å². The minimum Gasteiger partial charge on any atom is -0.494 e. The summed E-state index contributed by atoms with van der Waals surface area (Å²) in [5.41, 5.74) is 0.246. The number of benzene rings is 1. The van der Waals surface area contributed by atoms with E-state index < -0.39 is 18.0 Å². The molecule has 0 radical (unpaired) electrons. The number of amides is 1. The van der Waals surface area contributed by atoms with Gasteiger partial charge in [-0.25, -0.2) is 0 Å². The third-order valence-corrected chi connectivity index (χ3v) is 3.25. The second-order valence-corrected chi connectivity index (χ2v) is 4.95. The molecule has 2 N–H and O–H groups in total. The van der Waals surface area contributed by atoms with E-state index in [2.05, 4.69) is 5.32 Å². The molecule has 0 aromatic heterocycles. The Hall–Kier alpha value is -1.50. The van der Waals surface area contributed by atoms with Crippen LogP contribution >= 0.6 is 23.2 Å². The van der Waals surface area contributed by atoms with Gasteiger partial charge in [0, 0.05) is 19.2 Å². The van der Waals surface area contributed by atoms with Gasteiger partial charge in [0.25, 0.3) is 5.91 Å². The molecule has 8 heteroatoms. The molecule has 0 saturated carbocycles. The number of carboxylic acids is 1. The van der Waals surface area contributed by atoms with Crippen molar-refractivity contribution in [1.82, 2.24) is 5.32 Å². The lowest BCUT2D eigenvalue weighted by atomic mass is 10.2. The number of nitrogens with one attached hydrogen (secondary N) is 1. The number of rotatable bonds is 7. The molecule has 0 spiro atoms. The molecule has 0 bridgehead atoms. The molecule has 1 aromatic carbocycles. The standard InChI is InChI=1S/C13H15Cl2NO5/c1-20-8(5-11(17)18)6-16-13(19)7-3-9(14)12(21-2)10(15)4-7/h3-4,8H,5-6H2,1-2H3,(H,16,19)(H,17,18). The highest BCUT2D eigenvalue weighted by molar-refractivity contribution is 6.37. The lowest BCUT2D eigenvalue weighted by Gasteiger charge is -2.14. The number of carbonyl (C=O) groups is 2. The predicted octanol–water partition coefficient (Wildman–Crippen LogP) is 2.22. The molecule has 0 aliphatic rings. The van der Waals surface area contributed by atoms with Crippen molar-refractivity contribution in [3.63, 3.8) is 0 Å². The number of methoxy groups -OCH3 is 2.